The summed E-state index contributed by atoms with van der Waals surface area (Å²) in [5.41, 5.74) is 2.26. The Kier molecular flexibility index (Phi) is 8.36. The van der Waals surface area contributed by atoms with Gasteiger partial charge in [0.15, 0.2) is 16.6 Å². The minimum Gasteiger partial charge on any atom is -0.490 e. The van der Waals surface area contributed by atoms with Gasteiger partial charge in [0, 0.05) is 19.7 Å². The van der Waals surface area contributed by atoms with Crippen LogP contribution >= 0.6 is 35.4 Å². The Bertz CT molecular complexity index is 1170. The van der Waals surface area contributed by atoms with E-state index in [1.807, 2.05) is 19.1 Å². The largest absolute Gasteiger partial charge is 0.490 e. The number of rotatable bonds is 8. The van der Waals surface area contributed by atoms with Crippen LogP contribution in [0.4, 0.5) is 0 Å². The Morgan fingerprint density at radius 2 is 1.71 bits per heavy atom. The highest BCUT2D eigenvalue weighted by Gasteiger charge is 2.35. The smallest absolute Gasteiger partial charge is 0.265 e. The van der Waals surface area contributed by atoms with E-state index in [0.717, 1.165) is 11.1 Å². The first-order valence-electron chi connectivity index (χ1n) is 10.5. The van der Waals surface area contributed by atoms with E-state index < -0.39 is 11.8 Å². The van der Waals surface area contributed by atoms with E-state index in [9.17, 15) is 9.59 Å². The lowest BCUT2D eigenvalue weighted by Gasteiger charge is -2.31. The van der Waals surface area contributed by atoms with Crippen LogP contribution in [0.3, 0.4) is 0 Å². The summed E-state index contributed by atoms with van der Waals surface area (Å²) >= 11 is 17.3. The SMILES string of the molecule is C=CCc1cc(C=C2C(=O)N(C)C(=S)N(C)C2=O)cc(OCC)c1OCc1ccc(Cl)c(Cl)c1. The summed E-state index contributed by atoms with van der Waals surface area (Å²) in [4.78, 5) is 28.0. The lowest BCUT2D eigenvalue weighted by atomic mass is 10.0. The normalized spacial score (nSPS) is 13.9. The quantitative estimate of drug-likeness (QED) is 0.205. The van der Waals surface area contributed by atoms with Gasteiger partial charge in [-0.1, -0.05) is 35.3 Å². The lowest BCUT2D eigenvalue weighted by Crippen LogP contribution is -2.52. The third-order valence-electron chi connectivity index (χ3n) is 5.14. The number of benzene rings is 2. The molecule has 0 bridgehead atoms. The molecule has 0 aliphatic carbocycles. The van der Waals surface area contributed by atoms with Crippen LogP contribution in [0.1, 0.15) is 23.6 Å². The van der Waals surface area contributed by atoms with Crippen LogP contribution in [-0.2, 0) is 22.6 Å². The summed E-state index contributed by atoms with van der Waals surface area (Å²) in [6, 6.07) is 8.87. The standard InChI is InChI=1S/C25H24Cl2N2O4S/c1-5-7-17-10-16(11-18-23(30)28(3)25(34)29(4)24(18)31)13-21(32-6-2)22(17)33-14-15-8-9-19(26)20(27)12-15/h5,8-13H,1,6-7,14H2,2-4H3. The van der Waals surface area contributed by atoms with Gasteiger partial charge >= 0.3 is 0 Å². The number of halogens is 2. The molecule has 34 heavy (non-hydrogen) atoms. The van der Waals surface area contributed by atoms with Gasteiger partial charge in [-0.15, -0.1) is 6.58 Å². The monoisotopic (exact) mass is 518 g/mol. The van der Waals surface area contributed by atoms with Gasteiger partial charge in [-0.05, 0) is 67.0 Å². The number of hydrogen-bond donors (Lipinski definition) is 0. The summed E-state index contributed by atoms with van der Waals surface area (Å²) in [7, 11) is 3.08. The second-order valence-electron chi connectivity index (χ2n) is 7.54. The van der Waals surface area contributed by atoms with Gasteiger partial charge in [-0.25, -0.2) is 0 Å². The number of likely N-dealkylation sites (N-methyl/N-ethyl adjacent to an activating group) is 2. The van der Waals surface area contributed by atoms with Gasteiger partial charge < -0.3 is 9.47 Å². The van der Waals surface area contributed by atoms with Gasteiger partial charge in [-0.2, -0.15) is 0 Å². The predicted octanol–water partition coefficient (Wildman–Crippen LogP) is 5.30. The molecule has 2 aromatic carbocycles. The molecule has 0 saturated carbocycles. The van der Waals surface area contributed by atoms with Crippen molar-refractivity contribution in [3.8, 4) is 11.5 Å². The van der Waals surface area contributed by atoms with E-state index in [4.69, 9.17) is 44.9 Å². The fourth-order valence-electron chi connectivity index (χ4n) is 3.43. The van der Waals surface area contributed by atoms with E-state index in [-0.39, 0.29) is 17.3 Å². The van der Waals surface area contributed by atoms with Gasteiger partial charge in [-0.3, -0.25) is 19.4 Å². The number of ether oxygens (including phenoxy) is 2. The van der Waals surface area contributed by atoms with Crippen LogP contribution in [0.15, 0.2) is 48.6 Å². The lowest BCUT2D eigenvalue weighted by molar-refractivity contribution is -0.132. The molecule has 1 saturated heterocycles. The topological polar surface area (TPSA) is 59.1 Å². The second kappa shape index (κ2) is 11.0. The molecule has 3 rings (SSSR count). The Morgan fingerprint density at radius 3 is 2.29 bits per heavy atom. The zero-order chi connectivity index (χ0) is 25.0. The average Bonchev–Trinajstić information content (AvgIpc) is 2.81. The van der Waals surface area contributed by atoms with E-state index in [2.05, 4.69) is 6.58 Å². The van der Waals surface area contributed by atoms with E-state index in [1.54, 1.807) is 24.3 Å². The first-order valence-corrected chi connectivity index (χ1v) is 11.6. The van der Waals surface area contributed by atoms with Crippen LogP contribution < -0.4 is 9.47 Å². The predicted molar refractivity (Wildman–Crippen MR) is 138 cm³/mol. The molecule has 0 atom stereocenters. The number of allylic oxidation sites excluding steroid dienone is 1. The molecule has 178 valence electrons. The van der Waals surface area contributed by atoms with Crippen molar-refractivity contribution in [2.24, 2.45) is 0 Å². The highest BCUT2D eigenvalue weighted by atomic mass is 35.5. The van der Waals surface area contributed by atoms with Crippen LogP contribution in [0.5, 0.6) is 11.5 Å². The third kappa shape index (κ3) is 5.43. The fourth-order valence-corrected chi connectivity index (χ4v) is 3.91. The van der Waals surface area contributed by atoms with E-state index >= 15 is 0 Å². The summed E-state index contributed by atoms with van der Waals surface area (Å²) in [6.07, 6.45) is 3.77. The Labute approximate surface area is 214 Å². The Morgan fingerprint density at radius 1 is 1.03 bits per heavy atom. The number of thiocarbonyl (C=S) groups is 1. The average molecular weight is 519 g/mol. The van der Waals surface area contributed by atoms with Crippen molar-refractivity contribution >= 4 is 58.4 Å². The first-order chi connectivity index (χ1) is 16.2. The number of carbonyl (C=O) groups is 2. The zero-order valence-corrected chi connectivity index (χ0v) is 21.4. The van der Waals surface area contributed by atoms with Gasteiger partial charge in [0.1, 0.15) is 12.2 Å². The molecule has 0 unspecified atom stereocenters. The minimum absolute atomic E-state index is 0.00933. The highest BCUT2D eigenvalue weighted by molar-refractivity contribution is 7.80. The summed E-state index contributed by atoms with van der Waals surface area (Å²) in [5.74, 6) is 0.112. The molecule has 9 heteroatoms. The Hall–Kier alpha value is -2.87. The third-order valence-corrected chi connectivity index (χ3v) is 6.43. The van der Waals surface area contributed by atoms with Crippen molar-refractivity contribution in [3.63, 3.8) is 0 Å². The van der Waals surface area contributed by atoms with Crippen molar-refractivity contribution in [2.45, 2.75) is 20.0 Å². The minimum atomic E-state index is -0.462. The molecule has 6 nitrogen and oxygen atoms in total. The van der Waals surface area contributed by atoms with Gasteiger partial charge in [0.25, 0.3) is 11.8 Å². The molecule has 0 radical (unpaired) electrons. The highest BCUT2D eigenvalue weighted by Crippen LogP contribution is 2.36. The van der Waals surface area contributed by atoms with Crippen molar-refractivity contribution < 1.29 is 19.1 Å². The van der Waals surface area contributed by atoms with Crippen molar-refractivity contribution in [1.82, 2.24) is 9.80 Å². The molecule has 2 aromatic rings. The van der Waals surface area contributed by atoms with E-state index in [0.29, 0.717) is 40.1 Å². The molecular weight excluding hydrogens is 495 g/mol. The molecule has 1 fully saturated rings. The summed E-state index contributed by atoms with van der Waals surface area (Å²) < 4.78 is 12.0. The summed E-state index contributed by atoms with van der Waals surface area (Å²) in [5, 5.41) is 1.06. The van der Waals surface area contributed by atoms with Crippen LogP contribution in [-0.4, -0.2) is 47.4 Å². The number of hydrogen-bond acceptors (Lipinski definition) is 5. The van der Waals surface area contributed by atoms with Gasteiger partial charge in [0.05, 0.1) is 16.7 Å². The molecule has 1 aliphatic heterocycles. The fraction of sp³-hybridized carbons (Fsp3) is 0.240. The number of amides is 2. The Balaban J connectivity index is 2.02. The second-order valence-corrected chi connectivity index (χ2v) is 8.72. The number of nitrogens with zero attached hydrogens (tertiary/aromatic N) is 2. The molecule has 1 heterocycles. The molecule has 2 amide bonds. The molecule has 0 spiro atoms. The molecule has 0 N–H and O–H groups in total. The molecule has 1 aliphatic rings. The summed E-state index contributed by atoms with van der Waals surface area (Å²) in [6.45, 7) is 6.33. The van der Waals surface area contributed by atoms with Crippen LogP contribution in [0.25, 0.3) is 6.08 Å². The van der Waals surface area contributed by atoms with Gasteiger partial charge in [0.2, 0.25) is 0 Å². The van der Waals surface area contributed by atoms with Crippen molar-refractivity contribution in [1.29, 1.82) is 0 Å². The van der Waals surface area contributed by atoms with Crippen LogP contribution in [0.2, 0.25) is 10.0 Å². The molecule has 0 aromatic heterocycles. The zero-order valence-electron chi connectivity index (χ0n) is 19.1. The van der Waals surface area contributed by atoms with Crippen molar-refractivity contribution in [3.05, 3.63) is 75.3 Å². The van der Waals surface area contributed by atoms with Crippen LogP contribution in [0, 0.1) is 0 Å². The van der Waals surface area contributed by atoms with Crippen molar-refractivity contribution in [2.75, 3.05) is 20.7 Å². The maximum Gasteiger partial charge on any atom is 0.265 e. The number of carbonyl (C=O) groups excluding carboxylic acids is 2. The maximum atomic E-state index is 12.7. The first kappa shape index (κ1) is 25.7. The maximum absolute atomic E-state index is 12.7. The molecular formula is C25H24Cl2N2O4S. The van der Waals surface area contributed by atoms with E-state index in [1.165, 1.54) is 30.0 Å².